The summed E-state index contributed by atoms with van der Waals surface area (Å²) >= 11 is 1.46. The summed E-state index contributed by atoms with van der Waals surface area (Å²) in [5.41, 5.74) is 3.20. The molecule has 0 unspecified atom stereocenters. The highest BCUT2D eigenvalue weighted by molar-refractivity contribution is 7.89. The molecule has 1 amide bonds. The Morgan fingerprint density at radius 3 is 2.45 bits per heavy atom. The molecule has 4 rings (SSSR count). The van der Waals surface area contributed by atoms with Crippen LogP contribution in [0.2, 0.25) is 0 Å². The number of ether oxygens (including phenoxy) is 1. The maximum absolute atomic E-state index is 12.9. The van der Waals surface area contributed by atoms with Gasteiger partial charge in [0.1, 0.15) is 5.75 Å². The van der Waals surface area contributed by atoms with Crippen LogP contribution in [0, 0.1) is 19.8 Å². The Bertz CT molecular complexity index is 1210. The minimum atomic E-state index is -3.59. The van der Waals surface area contributed by atoms with Crippen molar-refractivity contribution >= 4 is 42.6 Å². The minimum absolute atomic E-state index is 0.102. The van der Waals surface area contributed by atoms with Crippen LogP contribution in [0.5, 0.6) is 5.75 Å². The van der Waals surface area contributed by atoms with Crippen molar-refractivity contribution in [2.75, 3.05) is 25.5 Å². The Hall–Kier alpha value is -2.49. The van der Waals surface area contributed by atoms with Gasteiger partial charge in [-0.2, -0.15) is 4.31 Å². The molecule has 1 fully saturated rings. The second kappa shape index (κ2) is 8.57. The van der Waals surface area contributed by atoms with Crippen LogP contribution in [-0.2, 0) is 14.8 Å². The summed E-state index contributed by atoms with van der Waals surface area (Å²) in [5, 5.41) is 3.52. The summed E-state index contributed by atoms with van der Waals surface area (Å²) in [6, 6.07) is 10.4. The molecule has 0 atom stereocenters. The van der Waals surface area contributed by atoms with Gasteiger partial charge >= 0.3 is 0 Å². The van der Waals surface area contributed by atoms with Gasteiger partial charge in [-0.3, -0.25) is 4.79 Å². The van der Waals surface area contributed by atoms with Gasteiger partial charge in [-0.15, -0.1) is 0 Å². The van der Waals surface area contributed by atoms with Crippen molar-refractivity contribution in [1.82, 2.24) is 9.29 Å². The van der Waals surface area contributed by atoms with E-state index in [9.17, 15) is 13.2 Å². The van der Waals surface area contributed by atoms with Crippen LogP contribution in [0.4, 0.5) is 5.13 Å². The fourth-order valence-corrected chi connectivity index (χ4v) is 6.14. The molecule has 0 bridgehead atoms. The van der Waals surface area contributed by atoms with Crippen LogP contribution in [0.3, 0.4) is 0 Å². The summed E-state index contributed by atoms with van der Waals surface area (Å²) in [4.78, 5) is 17.6. The third-order valence-electron chi connectivity index (χ3n) is 5.84. The van der Waals surface area contributed by atoms with Crippen molar-refractivity contribution in [3.63, 3.8) is 0 Å². The van der Waals surface area contributed by atoms with Crippen LogP contribution < -0.4 is 10.1 Å². The molecule has 1 saturated heterocycles. The number of hydrogen-bond donors (Lipinski definition) is 1. The zero-order valence-electron chi connectivity index (χ0n) is 17.7. The average molecular weight is 460 g/mol. The molecule has 7 nitrogen and oxygen atoms in total. The number of benzene rings is 2. The summed E-state index contributed by atoms with van der Waals surface area (Å²) in [6.45, 7) is 4.69. The van der Waals surface area contributed by atoms with E-state index in [0.717, 1.165) is 15.8 Å². The molecule has 0 aliphatic carbocycles. The second-order valence-corrected chi connectivity index (χ2v) is 10.7. The van der Waals surface area contributed by atoms with Crippen molar-refractivity contribution < 1.29 is 17.9 Å². The lowest BCUT2D eigenvalue weighted by Gasteiger charge is -2.30. The lowest BCUT2D eigenvalue weighted by Crippen LogP contribution is -2.41. The van der Waals surface area contributed by atoms with E-state index in [1.165, 1.54) is 28.3 Å². The number of rotatable bonds is 5. The Labute approximate surface area is 186 Å². The van der Waals surface area contributed by atoms with Gasteiger partial charge in [0, 0.05) is 19.0 Å². The fraction of sp³-hybridized carbons (Fsp3) is 0.364. The molecule has 2 aromatic carbocycles. The molecular formula is C22H25N3O4S2. The number of piperidine rings is 1. The number of aromatic nitrogens is 1. The first-order valence-electron chi connectivity index (χ1n) is 10.1. The van der Waals surface area contributed by atoms with Crippen LogP contribution >= 0.6 is 11.3 Å². The standard InChI is InChI=1S/C22H25N3O4S2/c1-14-4-9-19-20(15(14)2)23-22(30-19)24-21(26)16-10-12-25(13-11-16)31(27,28)18-7-5-17(29-3)6-8-18/h4-9,16H,10-13H2,1-3H3,(H,23,24,26). The molecule has 1 N–H and O–H groups in total. The molecular weight excluding hydrogens is 434 g/mol. The molecule has 31 heavy (non-hydrogen) atoms. The van der Waals surface area contributed by atoms with Crippen molar-refractivity contribution in [1.29, 1.82) is 0 Å². The molecule has 1 aliphatic rings. The van der Waals surface area contributed by atoms with E-state index in [4.69, 9.17) is 4.74 Å². The number of amides is 1. The summed E-state index contributed by atoms with van der Waals surface area (Å²) < 4.78 is 33.4. The highest BCUT2D eigenvalue weighted by Gasteiger charge is 2.32. The molecule has 9 heteroatoms. The van der Waals surface area contributed by atoms with Gasteiger partial charge < -0.3 is 10.1 Å². The lowest BCUT2D eigenvalue weighted by atomic mass is 9.97. The van der Waals surface area contributed by atoms with Crippen LogP contribution in [0.25, 0.3) is 10.2 Å². The molecule has 3 aromatic rings. The topological polar surface area (TPSA) is 88.6 Å². The summed E-state index contributed by atoms with van der Waals surface area (Å²) in [7, 11) is -2.05. The van der Waals surface area contributed by atoms with Gasteiger partial charge in [-0.05, 0) is 68.1 Å². The Morgan fingerprint density at radius 1 is 1.13 bits per heavy atom. The highest BCUT2D eigenvalue weighted by Crippen LogP contribution is 2.31. The predicted molar refractivity (Wildman–Crippen MR) is 122 cm³/mol. The van der Waals surface area contributed by atoms with E-state index >= 15 is 0 Å². The summed E-state index contributed by atoms with van der Waals surface area (Å²) in [5.74, 6) is 0.265. The Balaban J connectivity index is 1.40. The Kier molecular flexibility index (Phi) is 6.00. The molecule has 0 spiro atoms. The van der Waals surface area contributed by atoms with Crippen molar-refractivity contribution in [2.45, 2.75) is 31.6 Å². The number of nitrogens with one attached hydrogen (secondary N) is 1. The SMILES string of the molecule is COc1ccc(S(=O)(=O)N2CCC(C(=O)Nc3nc4c(C)c(C)ccc4s3)CC2)cc1. The number of carbonyl (C=O) groups excluding carboxylic acids is 1. The van der Waals surface area contributed by atoms with Gasteiger partial charge in [0.05, 0.1) is 22.2 Å². The van der Waals surface area contributed by atoms with Gasteiger partial charge in [-0.25, -0.2) is 13.4 Å². The zero-order valence-corrected chi connectivity index (χ0v) is 19.3. The van der Waals surface area contributed by atoms with Crippen LogP contribution in [0.15, 0.2) is 41.3 Å². The molecule has 2 heterocycles. The normalized spacial score (nSPS) is 15.8. The van der Waals surface area contributed by atoms with Gasteiger partial charge in [0.25, 0.3) is 0 Å². The van der Waals surface area contributed by atoms with E-state index in [0.29, 0.717) is 36.8 Å². The monoisotopic (exact) mass is 459 g/mol. The first-order chi connectivity index (χ1) is 14.8. The quantitative estimate of drug-likeness (QED) is 0.624. The van der Waals surface area contributed by atoms with E-state index in [-0.39, 0.29) is 16.7 Å². The minimum Gasteiger partial charge on any atom is -0.497 e. The average Bonchev–Trinajstić information content (AvgIpc) is 3.19. The molecule has 0 radical (unpaired) electrons. The first kappa shape index (κ1) is 21.7. The molecule has 1 aromatic heterocycles. The number of aryl methyl sites for hydroxylation is 2. The van der Waals surface area contributed by atoms with Crippen LogP contribution in [-0.4, -0.2) is 43.8 Å². The summed E-state index contributed by atoms with van der Waals surface area (Å²) in [6.07, 6.45) is 0.953. The largest absolute Gasteiger partial charge is 0.497 e. The number of sulfonamides is 1. The van der Waals surface area contributed by atoms with E-state index in [1.54, 1.807) is 24.3 Å². The fourth-order valence-electron chi connectivity index (χ4n) is 3.74. The first-order valence-corrected chi connectivity index (χ1v) is 12.4. The lowest BCUT2D eigenvalue weighted by molar-refractivity contribution is -0.120. The van der Waals surface area contributed by atoms with Crippen molar-refractivity contribution in [2.24, 2.45) is 5.92 Å². The number of hydrogen-bond acceptors (Lipinski definition) is 6. The van der Waals surface area contributed by atoms with E-state index in [1.807, 2.05) is 19.9 Å². The second-order valence-electron chi connectivity index (χ2n) is 7.72. The number of thiazole rings is 1. The molecule has 164 valence electrons. The number of nitrogens with zero attached hydrogens (tertiary/aromatic N) is 2. The van der Waals surface area contributed by atoms with E-state index in [2.05, 4.69) is 16.4 Å². The molecule has 0 saturated carbocycles. The predicted octanol–water partition coefficient (Wildman–Crippen LogP) is 3.96. The Morgan fingerprint density at radius 2 is 1.81 bits per heavy atom. The number of methoxy groups -OCH3 is 1. The van der Waals surface area contributed by atoms with Crippen molar-refractivity contribution in [3.8, 4) is 5.75 Å². The third kappa shape index (κ3) is 4.30. The number of carbonyl (C=O) groups is 1. The maximum Gasteiger partial charge on any atom is 0.243 e. The maximum atomic E-state index is 12.9. The number of anilines is 1. The van der Waals surface area contributed by atoms with Crippen LogP contribution in [0.1, 0.15) is 24.0 Å². The van der Waals surface area contributed by atoms with Gasteiger partial charge in [0.2, 0.25) is 15.9 Å². The highest BCUT2D eigenvalue weighted by atomic mass is 32.2. The smallest absolute Gasteiger partial charge is 0.243 e. The van der Waals surface area contributed by atoms with E-state index < -0.39 is 10.0 Å². The number of fused-ring (bicyclic) bond motifs is 1. The zero-order chi connectivity index (χ0) is 22.2. The third-order valence-corrected chi connectivity index (χ3v) is 8.69. The van der Waals surface area contributed by atoms with Gasteiger partial charge in [0.15, 0.2) is 5.13 Å². The molecule has 1 aliphatic heterocycles. The van der Waals surface area contributed by atoms with Crippen molar-refractivity contribution in [3.05, 3.63) is 47.5 Å². The van der Waals surface area contributed by atoms with Gasteiger partial charge in [-0.1, -0.05) is 17.4 Å².